The molecule has 0 saturated heterocycles. The number of rotatable bonds is 7. The van der Waals surface area contributed by atoms with Crippen molar-refractivity contribution in [2.24, 2.45) is 0 Å². The van der Waals surface area contributed by atoms with Gasteiger partial charge in [-0.2, -0.15) is 11.8 Å². The third kappa shape index (κ3) is 8.16. The molecule has 0 aliphatic heterocycles. The summed E-state index contributed by atoms with van der Waals surface area (Å²) >= 11 is 1.85. The van der Waals surface area contributed by atoms with Gasteiger partial charge in [-0.25, -0.2) is 0 Å². The normalized spacial score (nSPS) is 12.5. The van der Waals surface area contributed by atoms with Gasteiger partial charge in [0.2, 0.25) is 0 Å². The Hall–Kier alpha value is -0.180. The maximum atomic E-state index is 11.1. The fourth-order valence-electron chi connectivity index (χ4n) is 0.942. The molecule has 0 N–H and O–H groups in total. The lowest BCUT2D eigenvalue weighted by atomic mass is 10.3. The van der Waals surface area contributed by atoms with Crippen molar-refractivity contribution in [1.82, 2.24) is 0 Å². The van der Waals surface area contributed by atoms with Gasteiger partial charge < -0.3 is 4.74 Å². The van der Waals surface area contributed by atoms with Crippen molar-refractivity contribution in [2.75, 3.05) is 12.4 Å². The molecule has 0 aliphatic rings. The van der Waals surface area contributed by atoms with Gasteiger partial charge >= 0.3 is 5.97 Å². The van der Waals surface area contributed by atoms with Crippen LogP contribution >= 0.6 is 11.8 Å². The summed E-state index contributed by atoms with van der Waals surface area (Å²) in [5, 5.41) is 0.394. The average molecular weight is 204 g/mol. The van der Waals surface area contributed by atoms with Gasteiger partial charge in [-0.05, 0) is 19.1 Å². The summed E-state index contributed by atoms with van der Waals surface area (Å²) in [6, 6.07) is 0. The molecule has 0 rings (SSSR count). The van der Waals surface area contributed by atoms with E-state index in [9.17, 15) is 4.79 Å². The molecule has 0 spiro atoms. The summed E-state index contributed by atoms with van der Waals surface area (Å²) < 4.78 is 4.87. The Morgan fingerprint density at radius 3 is 2.69 bits per heavy atom. The van der Waals surface area contributed by atoms with Crippen molar-refractivity contribution >= 4 is 17.7 Å². The Bertz CT molecular complexity index is 137. The summed E-state index contributed by atoms with van der Waals surface area (Å²) in [4.78, 5) is 11.1. The van der Waals surface area contributed by atoms with Crippen molar-refractivity contribution in [2.45, 2.75) is 45.3 Å². The molecule has 3 heteroatoms. The summed E-state index contributed by atoms with van der Waals surface area (Å²) in [6.45, 7) is 6.59. The zero-order chi connectivity index (χ0) is 10.1. The molecule has 13 heavy (non-hydrogen) atoms. The van der Waals surface area contributed by atoms with E-state index < -0.39 is 0 Å². The summed E-state index contributed by atoms with van der Waals surface area (Å²) in [5.41, 5.74) is 0. The molecule has 0 aliphatic carbocycles. The van der Waals surface area contributed by atoms with Gasteiger partial charge in [0.15, 0.2) is 0 Å². The maximum Gasteiger partial charge on any atom is 0.306 e. The van der Waals surface area contributed by atoms with E-state index in [4.69, 9.17) is 4.74 Å². The molecule has 0 bridgehead atoms. The van der Waals surface area contributed by atoms with Crippen molar-refractivity contribution < 1.29 is 9.53 Å². The molecule has 1 atom stereocenters. The first kappa shape index (κ1) is 12.8. The molecule has 1 unspecified atom stereocenters. The van der Waals surface area contributed by atoms with Gasteiger partial charge in [0.05, 0.1) is 13.0 Å². The van der Waals surface area contributed by atoms with E-state index >= 15 is 0 Å². The standard InChI is InChI=1S/C10H20O2S/c1-4-6-7-13-9(3)8-10(11)12-5-2/h9H,4-8H2,1-3H3. The maximum absolute atomic E-state index is 11.1. The molecule has 0 heterocycles. The average Bonchev–Trinajstić information content (AvgIpc) is 2.05. The molecule has 0 amide bonds. The molecule has 0 aromatic carbocycles. The van der Waals surface area contributed by atoms with Crippen LogP contribution in [0.1, 0.15) is 40.0 Å². The lowest BCUT2D eigenvalue weighted by Crippen LogP contribution is -2.10. The van der Waals surface area contributed by atoms with Crippen molar-refractivity contribution in [3.05, 3.63) is 0 Å². The molecule has 0 fully saturated rings. The number of thioether (sulfide) groups is 1. The van der Waals surface area contributed by atoms with Crippen LogP contribution in [0.25, 0.3) is 0 Å². The number of esters is 1. The first-order valence-corrected chi connectivity index (χ1v) is 6.02. The molecule has 0 aromatic rings. The lowest BCUT2D eigenvalue weighted by Gasteiger charge is -2.09. The van der Waals surface area contributed by atoms with Crippen LogP contribution in [0.2, 0.25) is 0 Å². The second-order valence-electron chi connectivity index (χ2n) is 3.04. The summed E-state index contributed by atoms with van der Waals surface area (Å²) in [7, 11) is 0. The van der Waals surface area contributed by atoms with Crippen LogP contribution in [0.4, 0.5) is 0 Å². The van der Waals surface area contributed by atoms with Gasteiger partial charge in [-0.15, -0.1) is 0 Å². The van der Waals surface area contributed by atoms with Crippen molar-refractivity contribution in [3.63, 3.8) is 0 Å². The molecule has 78 valence electrons. The Balaban J connectivity index is 3.38. The fraction of sp³-hybridized carbons (Fsp3) is 0.900. The zero-order valence-corrected chi connectivity index (χ0v) is 9.65. The minimum Gasteiger partial charge on any atom is -0.466 e. The van der Waals surface area contributed by atoms with Crippen LogP contribution in [0, 0.1) is 0 Å². The number of hydrogen-bond donors (Lipinski definition) is 0. The third-order valence-electron chi connectivity index (χ3n) is 1.66. The van der Waals surface area contributed by atoms with E-state index in [-0.39, 0.29) is 5.97 Å². The van der Waals surface area contributed by atoms with Crippen LogP contribution in [0.15, 0.2) is 0 Å². The SMILES string of the molecule is CCCCSC(C)CC(=O)OCC. The van der Waals surface area contributed by atoms with E-state index in [2.05, 4.69) is 13.8 Å². The number of carbonyl (C=O) groups is 1. The van der Waals surface area contributed by atoms with Crippen LogP contribution in [0.3, 0.4) is 0 Å². The van der Waals surface area contributed by atoms with Gasteiger partial charge in [0.1, 0.15) is 0 Å². The number of unbranched alkanes of at least 4 members (excludes halogenated alkanes) is 1. The second kappa shape index (κ2) is 8.42. The van der Waals surface area contributed by atoms with E-state index in [0.717, 1.165) is 5.75 Å². The molecule has 0 radical (unpaired) electrons. The first-order chi connectivity index (χ1) is 6.20. The molecular formula is C10H20O2S. The highest BCUT2D eigenvalue weighted by molar-refractivity contribution is 7.99. The van der Waals surface area contributed by atoms with Gasteiger partial charge in [0.25, 0.3) is 0 Å². The number of carbonyl (C=O) groups excluding carboxylic acids is 1. The van der Waals surface area contributed by atoms with Crippen LogP contribution < -0.4 is 0 Å². The topological polar surface area (TPSA) is 26.3 Å². The largest absolute Gasteiger partial charge is 0.466 e. The molecular weight excluding hydrogens is 184 g/mol. The van der Waals surface area contributed by atoms with E-state index in [1.54, 1.807) is 0 Å². The second-order valence-corrected chi connectivity index (χ2v) is 4.59. The number of hydrogen-bond acceptors (Lipinski definition) is 3. The molecule has 2 nitrogen and oxygen atoms in total. The van der Waals surface area contributed by atoms with Crippen molar-refractivity contribution in [3.8, 4) is 0 Å². The Morgan fingerprint density at radius 2 is 2.15 bits per heavy atom. The van der Waals surface area contributed by atoms with E-state index in [0.29, 0.717) is 18.3 Å². The summed E-state index contributed by atoms with van der Waals surface area (Å²) in [6.07, 6.45) is 3.00. The Labute approximate surface area is 85.4 Å². The van der Waals surface area contributed by atoms with Crippen LogP contribution in [0.5, 0.6) is 0 Å². The molecule has 0 aromatic heterocycles. The quantitative estimate of drug-likeness (QED) is 0.471. The van der Waals surface area contributed by atoms with Gasteiger partial charge in [-0.3, -0.25) is 4.79 Å². The predicted molar refractivity (Wildman–Crippen MR) is 58.1 cm³/mol. The van der Waals surface area contributed by atoms with Gasteiger partial charge in [0, 0.05) is 5.25 Å². The van der Waals surface area contributed by atoms with E-state index in [1.807, 2.05) is 18.7 Å². The van der Waals surface area contributed by atoms with Crippen molar-refractivity contribution in [1.29, 1.82) is 0 Å². The zero-order valence-electron chi connectivity index (χ0n) is 8.84. The highest BCUT2D eigenvalue weighted by Crippen LogP contribution is 2.16. The van der Waals surface area contributed by atoms with Gasteiger partial charge in [-0.1, -0.05) is 20.3 Å². The minimum atomic E-state index is -0.0704. The Kier molecular flexibility index (Phi) is 8.30. The smallest absolute Gasteiger partial charge is 0.306 e. The summed E-state index contributed by atoms with van der Waals surface area (Å²) in [5.74, 6) is 1.08. The predicted octanol–water partition coefficient (Wildman–Crippen LogP) is 2.86. The minimum absolute atomic E-state index is 0.0704. The number of ether oxygens (including phenoxy) is 1. The van der Waals surface area contributed by atoms with Crippen LogP contribution in [-0.2, 0) is 9.53 Å². The lowest BCUT2D eigenvalue weighted by molar-refractivity contribution is -0.142. The highest BCUT2D eigenvalue weighted by Gasteiger charge is 2.09. The molecule has 0 saturated carbocycles. The first-order valence-electron chi connectivity index (χ1n) is 4.97. The monoisotopic (exact) mass is 204 g/mol. The third-order valence-corrected chi connectivity index (χ3v) is 2.92. The Morgan fingerprint density at radius 1 is 1.46 bits per heavy atom. The van der Waals surface area contributed by atoms with E-state index in [1.165, 1.54) is 12.8 Å². The van der Waals surface area contributed by atoms with Crippen LogP contribution in [-0.4, -0.2) is 23.6 Å². The highest BCUT2D eigenvalue weighted by atomic mass is 32.2. The fourth-order valence-corrected chi connectivity index (χ4v) is 2.05.